The number of amides is 1. The molecular formula is C15H15ClN2O3. The van der Waals surface area contributed by atoms with Gasteiger partial charge >= 0.3 is 5.97 Å². The lowest BCUT2D eigenvalue weighted by Crippen LogP contribution is -2.39. The van der Waals surface area contributed by atoms with Gasteiger partial charge in [0.25, 0.3) is 5.91 Å². The van der Waals surface area contributed by atoms with Crippen LogP contribution in [0.3, 0.4) is 0 Å². The van der Waals surface area contributed by atoms with Crippen molar-refractivity contribution < 1.29 is 14.7 Å². The molecule has 2 rings (SSSR count). The Bertz CT molecular complexity index is 713. The van der Waals surface area contributed by atoms with Gasteiger partial charge in [0, 0.05) is 11.9 Å². The number of carbonyl (C=O) groups is 2. The number of aromatic nitrogens is 1. The second kappa shape index (κ2) is 5.69. The number of aliphatic carboxylic acids is 1. The van der Waals surface area contributed by atoms with Gasteiger partial charge in [-0.05, 0) is 25.3 Å². The minimum absolute atomic E-state index is 0.00723. The second-order valence-corrected chi connectivity index (χ2v) is 5.75. The molecule has 2 N–H and O–H groups in total. The summed E-state index contributed by atoms with van der Waals surface area (Å²) in [6.07, 6.45) is 0. The number of carbonyl (C=O) groups excluding carboxylic acids is 1. The zero-order valence-electron chi connectivity index (χ0n) is 11.7. The number of rotatable bonds is 4. The third-order valence-corrected chi connectivity index (χ3v) is 3.48. The molecule has 1 aromatic carbocycles. The van der Waals surface area contributed by atoms with E-state index in [2.05, 4.69) is 10.3 Å². The molecule has 1 heterocycles. The number of nitrogens with zero attached hydrogens (tertiary/aromatic N) is 1. The number of benzene rings is 1. The highest BCUT2D eigenvalue weighted by Gasteiger charge is 2.28. The topological polar surface area (TPSA) is 79.3 Å². The zero-order valence-corrected chi connectivity index (χ0v) is 12.4. The highest BCUT2D eigenvalue weighted by molar-refractivity contribution is 6.34. The van der Waals surface area contributed by atoms with Crippen molar-refractivity contribution >= 4 is 34.2 Å². The van der Waals surface area contributed by atoms with Crippen molar-refractivity contribution in [3.8, 4) is 0 Å². The Kier molecular flexibility index (Phi) is 4.14. The number of carboxylic acid groups (broad SMARTS) is 1. The van der Waals surface area contributed by atoms with Crippen LogP contribution < -0.4 is 5.32 Å². The molecule has 5 nitrogen and oxygen atoms in total. The normalized spacial score (nSPS) is 11.4. The highest BCUT2D eigenvalue weighted by atomic mass is 35.5. The molecule has 21 heavy (non-hydrogen) atoms. The van der Waals surface area contributed by atoms with Gasteiger partial charge in [-0.15, -0.1) is 0 Å². The molecule has 0 bridgehead atoms. The fourth-order valence-electron chi connectivity index (χ4n) is 1.74. The van der Waals surface area contributed by atoms with Crippen molar-refractivity contribution in [3.63, 3.8) is 0 Å². The molecule has 0 fully saturated rings. The number of hydrogen-bond acceptors (Lipinski definition) is 3. The number of halogens is 1. The maximum Gasteiger partial charge on any atom is 0.310 e. The summed E-state index contributed by atoms with van der Waals surface area (Å²) in [6, 6.07) is 8.96. The van der Waals surface area contributed by atoms with E-state index in [1.165, 1.54) is 13.8 Å². The molecule has 0 saturated heterocycles. The molecule has 0 saturated carbocycles. The summed E-state index contributed by atoms with van der Waals surface area (Å²) in [7, 11) is 0. The van der Waals surface area contributed by atoms with E-state index in [9.17, 15) is 9.59 Å². The van der Waals surface area contributed by atoms with Crippen molar-refractivity contribution in [2.75, 3.05) is 6.54 Å². The van der Waals surface area contributed by atoms with Crippen LogP contribution >= 0.6 is 11.6 Å². The van der Waals surface area contributed by atoms with Gasteiger partial charge in [0.05, 0.1) is 5.41 Å². The summed E-state index contributed by atoms with van der Waals surface area (Å²) < 4.78 is 0. The maximum atomic E-state index is 12.1. The molecule has 110 valence electrons. The average molecular weight is 307 g/mol. The third kappa shape index (κ3) is 3.31. The van der Waals surface area contributed by atoms with Crippen LogP contribution in [0.4, 0.5) is 0 Å². The van der Waals surface area contributed by atoms with Crippen LogP contribution in [0.25, 0.3) is 10.8 Å². The second-order valence-electron chi connectivity index (χ2n) is 5.39. The van der Waals surface area contributed by atoms with Crippen LogP contribution in [0.2, 0.25) is 5.15 Å². The lowest BCUT2D eigenvalue weighted by atomic mass is 9.94. The van der Waals surface area contributed by atoms with Gasteiger partial charge in [-0.3, -0.25) is 9.59 Å². The van der Waals surface area contributed by atoms with Crippen molar-refractivity contribution in [1.82, 2.24) is 10.3 Å². The van der Waals surface area contributed by atoms with E-state index in [1.807, 2.05) is 24.3 Å². The number of fused-ring (bicyclic) bond motifs is 1. The van der Waals surface area contributed by atoms with Gasteiger partial charge in [-0.1, -0.05) is 35.9 Å². The average Bonchev–Trinajstić information content (AvgIpc) is 2.44. The fraction of sp³-hybridized carbons (Fsp3) is 0.267. The molecule has 0 aliphatic heterocycles. The quantitative estimate of drug-likeness (QED) is 0.851. The van der Waals surface area contributed by atoms with E-state index in [1.54, 1.807) is 6.07 Å². The first kappa shape index (κ1) is 15.3. The van der Waals surface area contributed by atoms with Crippen molar-refractivity contribution in [3.05, 3.63) is 41.2 Å². The van der Waals surface area contributed by atoms with Gasteiger partial charge in [-0.25, -0.2) is 4.98 Å². The monoisotopic (exact) mass is 306 g/mol. The molecule has 1 amide bonds. The molecule has 1 aromatic heterocycles. The predicted molar refractivity (Wildman–Crippen MR) is 80.5 cm³/mol. The highest BCUT2D eigenvalue weighted by Crippen LogP contribution is 2.22. The lowest BCUT2D eigenvalue weighted by molar-refractivity contribution is -0.146. The Morgan fingerprint density at radius 3 is 2.67 bits per heavy atom. The molecule has 0 aliphatic carbocycles. The van der Waals surface area contributed by atoms with Crippen molar-refractivity contribution in [2.24, 2.45) is 5.41 Å². The van der Waals surface area contributed by atoms with Gasteiger partial charge < -0.3 is 10.4 Å². The minimum atomic E-state index is -1.05. The van der Waals surface area contributed by atoms with Crippen LogP contribution in [0.15, 0.2) is 30.3 Å². The van der Waals surface area contributed by atoms with Gasteiger partial charge in [0.2, 0.25) is 0 Å². The standard InChI is InChI=1S/C15H15ClN2O3/c1-15(2,14(20)21)8-17-13(19)11-7-9-5-3-4-6-10(9)12(16)18-11/h3-7H,8H2,1-2H3,(H,17,19)(H,20,21). The summed E-state index contributed by atoms with van der Waals surface area (Å²) in [5.74, 6) is -1.43. The zero-order chi connectivity index (χ0) is 15.6. The fourth-order valence-corrected chi connectivity index (χ4v) is 2.00. The first-order chi connectivity index (χ1) is 9.81. The number of carboxylic acids is 1. The Morgan fingerprint density at radius 1 is 1.33 bits per heavy atom. The largest absolute Gasteiger partial charge is 0.481 e. The van der Waals surface area contributed by atoms with E-state index in [0.717, 1.165) is 10.8 Å². The first-order valence-corrected chi connectivity index (χ1v) is 6.76. The number of pyridine rings is 1. The Balaban J connectivity index is 2.22. The molecule has 2 aromatic rings. The van der Waals surface area contributed by atoms with Gasteiger partial charge in [0.1, 0.15) is 10.8 Å². The van der Waals surface area contributed by atoms with E-state index in [-0.39, 0.29) is 17.4 Å². The molecule has 6 heteroatoms. The van der Waals surface area contributed by atoms with E-state index < -0.39 is 17.3 Å². The van der Waals surface area contributed by atoms with Crippen molar-refractivity contribution in [2.45, 2.75) is 13.8 Å². The molecule has 0 unspecified atom stereocenters. The molecule has 0 aliphatic rings. The predicted octanol–water partition coefficient (Wildman–Crippen LogP) is 2.73. The SMILES string of the molecule is CC(C)(CNC(=O)c1cc2ccccc2c(Cl)n1)C(=O)O. The molecule has 0 radical (unpaired) electrons. The summed E-state index contributed by atoms with van der Waals surface area (Å²) in [5, 5.41) is 13.4. The summed E-state index contributed by atoms with van der Waals surface area (Å²) in [5.41, 5.74) is -0.879. The van der Waals surface area contributed by atoms with Gasteiger partial charge in [-0.2, -0.15) is 0 Å². The molecular weight excluding hydrogens is 292 g/mol. The maximum absolute atomic E-state index is 12.1. The Morgan fingerprint density at radius 2 is 2.00 bits per heavy atom. The van der Waals surface area contributed by atoms with Crippen LogP contribution in [0.5, 0.6) is 0 Å². The minimum Gasteiger partial charge on any atom is -0.481 e. The van der Waals surface area contributed by atoms with E-state index in [0.29, 0.717) is 0 Å². The van der Waals surface area contributed by atoms with Gasteiger partial charge in [0.15, 0.2) is 0 Å². The lowest BCUT2D eigenvalue weighted by Gasteiger charge is -2.19. The first-order valence-electron chi connectivity index (χ1n) is 6.38. The van der Waals surface area contributed by atoms with Crippen molar-refractivity contribution in [1.29, 1.82) is 0 Å². The van der Waals surface area contributed by atoms with Crippen LogP contribution in [-0.4, -0.2) is 28.5 Å². The van der Waals surface area contributed by atoms with Crippen LogP contribution in [-0.2, 0) is 4.79 Å². The third-order valence-electron chi connectivity index (χ3n) is 3.20. The number of hydrogen-bond donors (Lipinski definition) is 2. The van der Waals surface area contributed by atoms with E-state index in [4.69, 9.17) is 16.7 Å². The van der Waals surface area contributed by atoms with E-state index >= 15 is 0 Å². The number of nitrogens with one attached hydrogen (secondary N) is 1. The molecule has 0 atom stereocenters. The Labute approximate surface area is 126 Å². The summed E-state index contributed by atoms with van der Waals surface area (Å²) in [6.45, 7) is 3.08. The van der Waals surface area contributed by atoms with Crippen LogP contribution in [0, 0.1) is 5.41 Å². The molecule has 0 spiro atoms. The summed E-state index contributed by atoms with van der Waals surface area (Å²) >= 11 is 6.06. The summed E-state index contributed by atoms with van der Waals surface area (Å²) in [4.78, 5) is 27.1. The van der Waals surface area contributed by atoms with Crippen LogP contribution in [0.1, 0.15) is 24.3 Å². The smallest absolute Gasteiger partial charge is 0.310 e. The Hall–Kier alpha value is -2.14.